The van der Waals surface area contributed by atoms with Crippen LogP contribution in [0, 0.1) is 11.7 Å². The molecule has 6 heteroatoms. The van der Waals surface area contributed by atoms with Gasteiger partial charge in [-0.15, -0.1) is 0 Å². The molecule has 1 aliphatic heterocycles. The fourth-order valence-electron chi connectivity index (χ4n) is 2.19. The van der Waals surface area contributed by atoms with Crippen LogP contribution in [0.25, 0.3) is 0 Å². The van der Waals surface area contributed by atoms with Crippen molar-refractivity contribution in [3.05, 3.63) is 29.6 Å². The van der Waals surface area contributed by atoms with Crippen molar-refractivity contribution in [3.8, 4) is 0 Å². The summed E-state index contributed by atoms with van der Waals surface area (Å²) in [6.07, 6.45) is 1.78. The number of benzene rings is 1. The number of methoxy groups -OCH3 is 1. The lowest BCUT2D eigenvalue weighted by Crippen LogP contribution is -2.37. The maximum Gasteiger partial charge on any atom is 0.340 e. The Hall–Kier alpha value is -1.95. The SMILES string of the molecule is COC(=O)c1cc(NC(=O)[C@@H]2CCCNC2)ccc1F. The van der Waals surface area contributed by atoms with E-state index in [1.165, 1.54) is 19.2 Å². The van der Waals surface area contributed by atoms with Gasteiger partial charge in [-0.25, -0.2) is 9.18 Å². The molecule has 20 heavy (non-hydrogen) atoms. The number of anilines is 1. The summed E-state index contributed by atoms with van der Waals surface area (Å²) in [5.74, 6) is -1.66. The number of rotatable bonds is 3. The molecule has 2 N–H and O–H groups in total. The molecule has 108 valence electrons. The third-order valence-electron chi connectivity index (χ3n) is 3.31. The minimum atomic E-state index is -0.766. The fraction of sp³-hybridized carbons (Fsp3) is 0.429. The summed E-state index contributed by atoms with van der Waals surface area (Å²) in [6.45, 7) is 1.56. The second-order valence-electron chi connectivity index (χ2n) is 4.72. The molecule has 1 fully saturated rings. The van der Waals surface area contributed by atoms with Gasteiger partial charge in [0.2, 0.25) is 5.91 Å². The van der Waals surface area contributed by atoms with E-state index >= 15 is 0 Å². The lowest BCUT2D eigenvalue weighted by Gasteiger charge is -2.22. The highest BCUT2D eigenvalue weighted by Gasteiger charge is 2.21. The standard InChI is InChI=1S/C14H17FN2O3/c1-20-14(19)11-7-10(4-5-12(11)15)17-13(18)9-3-2-6-16-8-9/h4-5,7,9,16H,2-3,6,8H2,1H3,(H,17,18)/t9-/m1/s1. The van der Waals surface area contributed by atoms with E-state index in [4.69, 9.17) is 0 Å². The molecule has 1 aliphatic rings. The molecule has 0 aliphatic carbocycles. The van der Waals surface area contributed by atoms with Crippen LogP contribution in [0.5, 0.6) is 0 Å². The number of esters is 1. The molecule has 1 amide bonds. The van der Waals surface area contributed by atoms with Gasteiger partial charge in [0.05, 0.1) is 18.6 Å². The molecule has 0 saturated carbocycles. The van der Waals surface area contributed by atoms with Gasteiger partial charge in [-0.3, -0.25) is 4.79 Å². The van der Waals surface area contributed by atoms with Crippen molar-refractivity contribution < 1.29 is 18.7 Å². The first-order chi connectivity index (χ1) is 9.61. The van der Waals surface area contributed by atoms with Crippen molar-refractivity contribution in [1.29, 1.82) is 0 Å². The molecular formula is C14H17FN2O3. The van der Waals surface area contributed by atoms with Gasteiger partial charge in [-0.2, -0.15) is 0 Å². The van der Waals surface area contributed by atoms with Gasteiger partial charge in [-0.1, -0.05) is 0 Å². The Labute approximate surface area is 116 Å². The van der Waals surface area contributed by atoms with Gasteiger partial charge in [0.1, 0.15) is 5.82 Å². The largest absolute Gasteiger partial charge is 0.465 e. The molecule has 1 heterocycles. The molecule has 2 rings (SSSR count). The highest BCUT2D eigenvalue weighted by atomic mass is 19.1. The van der Waals surface area contributed by atoms with Crippen LogP contribution < -0.4 is 10.6 Å². The fourth-order valence-corrected chi connectivity index (χ4v) is 2.19. The second-order valence-corrected chi connectivity index (χ2v) is 4.72. The normalized spacial score (nSPS) is 18.4. The quantitative estimate of drug-likeness (QED) is 0.824. The lowest BCUT2D eigenvalue weighted by atomic mass is 9.98. The Bertz CT molecular complexity index is 513. The van der Waals surface area contributed by atoms with Gasteiger partial charge in [-0.05, 0) is 37.6 Å². The van der Waals surface area contributed by atoms with E-state index in [9.17, 15) is 14.0 Å². The van der Waals surface area contributed by atoms with Crippen LogP contribution in [0.15, 0.2) is 18.2 Å². The Morgan fingerprint density at radius 2 is 2.25 bits per heavy atom. The molecule has 0 spiro atoms. The number of halogens is 1. The third-order valence-corrected chi connectivity index (χ3v) is 3.31. The van der Waals surface area contributed by atoms with Crippen LogP contribution in [0.1, 0.15) is 23.2 Å². The number of carbonyl (C=O) groups excluding carboxylic acids is 2. The second kappa shape index (κ2) is 6.47. The number of nitrogens with one attached hydrogen (secondary N) is 2. The topological polar surface area (TPSA) is 67.4 Å². The number of piperidine rings is 1. The van der Waals surface area contributed by atoms with E-state index < -0.39 is 11.8 Å². The average molecular weight is 280 g/mol. The third kappa shape index (κ3) is 3.33. The van der Waals surface area contributed by atoms with Gasteiger partial charge < -0.3 is 15.4 Å². The lowest BCUT2D eigenvalue weighted by molar-refractivity contribution is -0.120. The summed E-state index contributed by atoms with van der Waals surface area (Å²) in [5, 5.41) is 5.86. The summed E-state index contributed by atoms with van der Waals surface area (Å²) in [5.41, 5.74) is 0.203. The van der Waals surface area contributed by atoms with Crippen LogP contribution in [0.3, 0.4) is 0 Å². The van der Waals surface area contributed by atoms with E-state index in [0.717, 1.165) is 25.5 Å². The molecule has 1 atom stereocenters. The van der Waals surface area contributed by atoms with E-state index in [0.29, 0.717) is 12.2 Å². The number of hydrogen-bond acceptors (Lipinski definition) is 4. The number of amides is 1. The molecule has 1 aromatic rings. The molecule has 0 bridgehead atoms. The zero-order valence-electron chi connectivity index (χ0n) is 11.2. The maximum atomic E-state index is 13.5. The van der Waals surface area contributed by atoms with Gasteiger partial charge in [0.25, 0.3) is 0 Å². The van der Waals surface area contributed by atoms with Crippen LogP contribution >= 0.6 is 0 Å². The molecule has 1 saturated heterocycles. The zero-order chi connectivity index (χ0) is 14.5. The van der Waals surface area contributed by atoms with Crippen molar-refractivity contribution in [1.82, 2.24) is 5.32 Å². The zero-order valence-corrected chi connectivity index (χ0v) is 11.2. The predicted molar refractivity (Wildman–Crippen MR) is 72.0 cm³/mol. The summed E-state index contributed by atoms with van der Waals surface area (Å²) >= 11 is 0. The highest BCUT2D eigenvalue weighted by molar-refractivity contribution is 5.95. The minimum Gasteiger partial charge on any atom is -0.465 e. The highest BCUT2D eigenvalue weighted by Crippen LogP contribution is 2.18. The molecule has 5 nitrogen and oxygen atoms in total. The predicted octanol–water partition coefficient (Wildman–Crippen LogP) is 1.55. The van der Waals surface area contributed by atoms with Crippen LogP contribution in [-0.2, 0) is 9.53 Å². The summed E-state index contributed by atoms with van der Waals surface area (Å²) in [4.78, 5) is 23.4. The van der Waals surface area contributed by atoms with E-state index in [1.807, 2.05) is 0 Å². The van der Waals surface area contributed by atoms with Crippen molar-refractivity contribution in [2.75, 3.05) is 25.5 Å². The van der Waals surface area contributed by atoms with Crippen molar-refractivity contribution in [2.24, 2.45) is 5.92 Å². The van der Waals surface area contributed by atoms with Crippen molar-refractivity contribution in [3.63, 3.8) is 0 Å². The molecule has 1 aromatic carbocycles. The molecule has 0 radical (unpaired) electrons. The first-order valence-corrected chi connectivity index (χ1v) is 6.51. The number of carbonyl (C=O) groups is 2. The molecule has 0 aromatic heterocycles. The molecule has 0 unspecified atom stereocenters. The molecular weight excluding hydrogens is 263 g/mol. The summed E-state index contributed by atoms with van der Waals surface area (Å²) in [7, 11) is 1.18. The van der Waals surface area contributed by atoms with Crippen LogP contribution in [0.2, 0.25) is 0 Å². The Morgan fingerprint density at radius 3 is 2.90 bits per heavy atom. The van der Waals surface area contributed by atoms with Gasteiger partial charge in [0.15, 0.2) is 0 Å². The monoisotopic (exact) mass is 280 g/mol. The first-order valence-electron chi connectivity index (χ1n) is 6.51. The van der Waals surface area contributed by atoms with E-state index in [2.05, 4.69) is 15.4 Å². The Morgan fingerprint density at radius 1 is 1.45 bits per heavy atom. The number of hydrogen-bond donors (Lipinski definition) is 2. The average Bonchev–Trinajstić information content (AvgIpc) is 2.49. The minimum absolute atomic E-state index is 0.102. The maximum absolute atomic E-state index is 13.5. The van der Waals surface area contributed by atoms with E-state index in [1.54, 1.807) is 0 Å². The van der Waals surface area contributed by atoms with Gasteiger partial charge in [0, 0.05) is 12.2 Å². The Kier molecular flexibility index (Phi) is 4.68. The summed E-state index contributed by atoms with van der Waals surface area (Å²) < 4.78 is 18.0. The number of ether oxygens (including phenoxy) is 1. The first kappa shape index (κ1) is 14.5. The van der Waals surface area contributed by atoms with Crippen molar-refractivity contribution >= 4 is 17.6 Å². The van der Waals surface area contributed by atoms with Crippen LogP contribution in [0.4, 0.5) is 10.1 Å². The summed E-state index contributed by atoms with van der Waals surface area (Å²) in [6, 6.07) is 3.85. The van der Waals surface area contributed by atoms with Gasteiger partial charge >= 0.3 is 5.97 Å². The smallest absolute Gasteiger partial charge is 0.340 e. The van der Waals surface area contributed by atoms with E-state index in [-0.39, 0.29) is 17.4 Å². The Balaban J connectivity index is 2.09. The van der Waals surface area contributed by atoms with Crippen molar-refractivity contribution in [2.45, 2.75) is 12.8 Å². The van der Waals surface area contributed by atoms with Crippen LogP contribution in [-0.4, -0.2) is 32.1 Å².